The monoisotopic (exact) mass is 256 g/mol. The van der Waals surface area contributed by atoms with Crippen LogP contribution < -0.4 is 5.32 Å². The SMILES string of the molecule is COCCNCC1CCCN(COCC2CC2)C1. The molecular weight excluding hydrogens is 228 g/mol. The lowest BCUT2D eigenvalue weighted by Gasteiger charge is -2.32. The first-order chi connectivity index (χ1) is 8.88. The number of rotatable bonds is 9. The van der Waals surface area contributed by atoms with E-state index in [9.17, 15) is 0 Å². The maximum absolute atomic E-state index is 5.77. The van der Waals surface area contributed by atoms with Crippen molar-refractivity contribution in [2.75, 3.05) is 53.2 Å². The highest BCUT2D eigenvalue weighted by Gasteiger charge is 2.23. The molecule has 1 atom stereocenters. The van der Waals surface area contributed by atoms with Gasteiger partial charge in [0.2, 0.25) is 0 Å². The van der Waals surface area contributed by atoms with Gasteiger partial charge in [-0.05, 0) is 44.1 Å². The number of likely N-dealkylation sites (tertiary alicyclic amines) is 1. The zero-order valence-electron chi connectivity index (χ0n) is 11.7. The summed E-state index contributed by atoms with van der Waals surface area (Å²) in [7, 11) is 1.75. The lowest BCUT2D eigenvalue weighted by molar-refractivity contribution is 0.00232. The predicted molar refractivity (Wildman–Crippen MR) is 72.6 cm³/mol. The molecule has 0 radical (unpaired) electrons. The fourth-order valence-corrected chi connectivity index (χ4v) is 2.55. The molecule has 4 nitrogen and oxygen atoms in total. The van der Waals surface area contributed by atoms with E-state index < -0.39 is 0 Å². The Morgan fingerprint density at radius 2 is 2.11 bits per heavy atom. The van der Waals surface area contributed by atoms with Gasteiger partial charge in [-0.2, -0.15) is 0 Å². The number of nitrogens with one attached hydrogen (secondary N) is 1. The van der Waals surface area contributed by atoms with Crippen LogP contribution in [0.1, 0.15) is 25.7 Å². The Kier molecular flexibility index (Phi) is 6.41. The van der Waals surface area contributed by atoms with E-state index in [4.69, 9.17) is 9.47 Å². The molecule has 1 heterocycles. The fourth-order valence-electron chi connectivity index (χ4n) is 2.55. The summed E-state index contributed by atoms with van der Waals surface area (Å²) in [6.07, 6.45) is 5.42. The number of ether oxygens (including phenoxy) is 2. The highest BCUT2D eigenvalue weighted by molar-refractivity contribution is 4.74. The van der Waals surface area contributed by atoms with Gasteiger partial charge < -0.3 is 14.8 Å². The molecule has 0 bridgehead atoms. The van der Waals surface area contributed by atoms with Crippen molar-refractivity contribution in [2.24, 2.45) is 11.8 Å². The van der Waals surface area contributed by atoms with E-state index in [-0.39, 0.29) is 0 Å². The third-order valence-electron chi connectivity index (χ3n) is 3.84. The van der Waals surface area contributed by atoms with Gasteiger partial charge in [0.25, 0.3) is 0 Å². The van der Waals surface area contributed by atoms with E-state index in [0.29, 0.717) is 0 Å². The summed E-state index contributed by atoms with van der Waals surface area (Å²) >= 11 is 0. The summed E-state index contributed by atoms with van der Waals surface area (Å²) in [5.74, 6) is 1.65. The molecule has 0 amide bonds. The van der Waals surface area contributed by atoms with Crippen LogP contribution in [0, 0.1) is 11.8 Å². The molecule has 0 aromatic carbocycles. The van der Waals surface area contributed by atoms with Gasteiger partial charge in [0, 0.05) is 26.7 Å². The molecule has 0 aromatic heterocycles. The zero-order chi connectivity index (χ0) is 12.6. The van der Waals surface area contributed by atoms with Gasteiger partial charge in [-0.3, -0.25) is 4.90 Å². The van der Waals surface area contributed by atoms with Gasteiger partial charge in [0.15, 0.2) is 0 Å². The van der Waals surface area contributed by atoms with Crippen molar-refractivity contribution < 1.29 is 9.47 Å². The molecule has 1 N–H and O–H groups in total. The van der Waals surface area contributed by atoms with Crippen molar-refractivity contribution in [3.05, 3.63) is 0 Å². The van der Waals surface area contributed by atoms with Crippen LogP contribution in [0.25, 0.3) is 0 Å². The van der Waals surface area contributed by atoms with Crippen LogP contribution >= 0.6 is 0 Å². The second-order valence-electron chi connectivity index (χ2n) is 5.73. The predicted octanol–water partition coefficient (Wildman–Crippen LogP) is 1.32. The fraction of sp³-hybridized carbons (Fsp3) is 1.00. The Labute approximate surface area is 111 Å². The molecule has 1 saturated heterocycles. The summed E-state index contributed by atoms with van der Waals surface area (Å²) in [6, 6.07) is 0. The normalized spacial score (nSPS) is 25.5. The van der Waals surface area contributed by atoms with E-state index >= 15 is 0 Å². The van der Waals surface area contributed by atoms with Crippen LogP contribution in [0.5, 0.6) is 0 Å². The van der Waals surface area contributed by atoms with Crippen molar-refractivity contribution in [3.63, 3.8) is 0 Å². The Morgan fingerprint density at radius 3 is 2.89 bits per heavy atom. The summed E-state index contributed by atoms with van der Waals surface area (Å²) < 4.78 is 10.8. The Balaban J connectivity index is 1.52. The molecule has 4 heteroatoms. The molecule has 1 saturated carbocycles. The third-order valence-corrected chi connectivity index (χ3v) is 3.84. The third kappa shape index (κ3) is 5.65. The molecule has 2 rings (SSSR count). The van der Waals surface area contributed by atoms with Crippen molar-refractivity contribution >= 4 is 0 Å². The molecule has 2 fully saturated rings. The van der Waals surface area contributed by atoms with E-state index in [1.807, 2.05) is 0 Å². The minimum Gasteiger partial charge on any atom is -0.383 e. The summed E-state index contributed by atoms with van der Waals surface area (Å²) in [5, 5.41) is 3.47. The smallest absolute Gasteiger partial charge is 0.0990 e. The minimum absolute atomic E-state index is 0.778. The first-order valence-electron chi connectivity index (χ1n) is 7.38. The topological polar surface area (TPSA) is 33.7 Å². The van der Waals surface area contributed by atoms with Gasteiger partial charge in [0.1, 0.15) is 0 Å². The van der Waals surface area contributed by atoms with E-state index in [1.54, 1.807) is 7.11 Å². The molecule has 1 aliphatic carbocycles. The van der Waals surface area contributed by atoms with Crippen molar-refractivity contribution in [1.82, 2.24) is 10.2 Å². The second kappa shape index (κ2) is 8.10. The largest absolute Gasteiger partial charge is 0.383 e. The Hall–Kier alpha value is -0.160. The van der Waals surface area contributed by atoms with Crippen LogP contribution in [0.2, 0.25) is 0 Å². The average Bonchev–Trinajstić information content (AvgIpc) is 3.19. The number of methoxy groups -OCH3 is 1. The number of piperidine rings is 1. The maximum atomic E-state index is 5.77. The lowest BCUT2D eigenvalue weighted by atomic mass is 9.98. The van der Waals surface area contributed by atoms with Gasteiger partial charge >= 0.3 is 0 Å². The first kappa shape index (κ1) is 14.3. The second-order valence-corrected chi connectivity index (χ2v) is 5.73. The van der Waals surface area contributed by atoms with Gasteiger partial charge in [-0.25, -0.2) is 0 Å². The minimum atomic E-state index is 0.778. The van der Waals surface area contributed by atoms with E-state index in [0.717, 1.165) is 44.9 Å². The summed E-state index contributed by atoms with van der Waals surface area (Å²) in [6.45, 7) is 7.09. The quantitative estimate of drug-likeness (QED) is 0.631. The molecule has 18 heavy (non-hydrogen) atoms. The maximum Gasteiger partial charge on any atom is 0.0990 e. The van der Waals surface area contributed by atoms with Crippen molar-refractivity contribution in [1.29, 1.82) is 0 Å². The van der Waals surface area contributed by atoms with Crippen LogP contribution in [-0.4, -0.2) is 58.1 Å². The van der Waals surface area contributed by atoms with Crippen LogP contribution in [0.3, 0.4) is 0 Å². The number of hydrogen-bond donors (Lipinski definition) is 1. The molecule has 0 aromatic rings. The van der Waals surface area contributed by atoms with Crippen LogP contribution in [-0.2, 0) is 9.47 Å². The molecule has 106 valence electrons. The highest BCUT2D eigenvalue weighted by atomic mass is 16.5. The molecule has 1 unspecified atom stereocenters. The average molecular weight is 256 g/mol. The van der Waals surface area contributed by atoms with Crippen molar-refractivity contribution in [3.8, 4) is 0 Å². The van der Waals surface area contributed by atoms with Crippen molar-refractivity contribution in [2.45, 2.75) is 25.7 Å². The van der Waals surface area contributed by atoms with E-state index in [1.165, 1.54) is 38.8 Å². The number of nitrogens with zero attached hydrogens (tertiary/aromatic N) is 1. The van der Waals surface area contributed by atoms with Gasteiger partial charge in [0.05, 0.1) is 19.9 Å². The first-order valence-corrected chi connectivity index (χ1v) is 7.38. The molecular formula is C14H28N2O2. The molecule has 2 aliphatic rings. The van der Waals surface area contributed by atoms with Crippen LogP contribution in [0.4, 0.5) is 0 Å². The summed E-state index contributed by atoms with van der Waals surface area (Å²) in [5.41, 5.74) is 0. The number of hydrogen-bond acceptors (Lipinski definition) is 4. The lowest BCUT2D eigenvalue weighted by Crippen LogP contribution is -2.41. The Bertz CT molecular complexity index is 222. The standard InChI is InChI=1S/C14H28N2O2/c1-17-8-6-15-9-14-3-2-7-16(10-14)12-18-11-13-4-5-13/h13-15H,2-12H2,1H3. The van der Waals surface area contributed by atoms with Gasteiger partial charge in [-0.1, -0.05) is 0 Å². The van der Waals surface area contributed by atoms with Crippen LogP contribution in [0.15, 0.2) is 0 Å². The molecule has 1 aliphatic heterocycles. The molecule has 0 spiro atoms. The highest BCUT2D eigenvalue weighted by Crippen LogP contribution is 2.28. The Morgan fingerprint density at radius 1 is 1.22 bits per heavy atom. The van der Waals surface area contributed by atoms with Gasteiger partial charge in [-0.15, -0.1) is 0 Å². The van der Waals surface area contributed by atoms with E-state index in [2.05, 4.69) is 10.2 Å². The summed E-state index contributed by atoms with van der Waals surface area (Å²) in [4.78, 5) is 2.47. The zero-order valence-corrected chi connectivity index (χ0v) is 11.7.